The number of anilines is 2. The van der Waals surface area contributed by atoms with E-state index in [1.165, 1.54) is 39.6 Å². The van der Waals surface area contributed by atoms with Crippen LogP contribution in [0.5, 0.6) is 0 Å². The van der Waals surface area contributed by atoms with E-state index in [9.17, 15) is 4.79 Å². The molecule has 0 saturated carbocycles. The zero-order valence-corrected chi connectivity index (χ0v) is 27.4. The fraction of sp³-hybridized carbons (Fsp3) is 0.312. The summed E-state index contributed by atoms with van der Waals surface area (Å²) in [6.07, 6.45) is 1.20. The number of nitrogens with zero attached hydrogens (tertiary/aromatic N) is 3. The Morgan fingerprint density at radius 1 is 0.875 bits per heavy atom. The molecular weight excluding hydrogens is 630 g/mol. The Bertz CT molecular complexity index is 1500. The van der Waals surface area contributed by atoms with Gasteiger partial charge in [0.2, 0.25) is 0 Å². The molecule has 40 heavy (non-hydrogen) atoms. The van der Waals surface area contributed by atoms with Crippen molar-refractivity contribution >= 4 is 57.6 Å². The summed E-state index contributed by atoms with van der Waals surface area (Å²) < 4.78 is 7.94. The van der Waals surface area contributed by atoms with Crippen LogP contribution in [0.3, 0.4) is 0 Å². The predicted molar refractivity (Wildman–Crippen MR) is 169 cm³/mol. The first kappa shape index (κ1) is 30.3. The number of para-hydroxylation sites is 1. The average molecular weight is 668 g/mol. The van der Waals surface area contributed by atoms with Crippen LogP contribution in [0, 0.1) is 41.5 Å². The molecule has 0 N–H and O–H groups in total. The average Bonchev–Trinajstić information content (AvgIpc) is 3.27. The van der Waals surface area contributed by atoms with Gasteiger partial charge in [-0.05, 0) is 0 Å². The third kappa shape index (κ3) is 6.46. The molecule has 8 heteroatoms. The molecule has 0 bridgehead atoms. The molecule has 5 nitrogen and oxygen atoms in total. The van der Waals surface area contributed by atoms with Crippen molar-refractivity contribution in [2.45, 2.75) is 48.5 Å². The number of halogens is 2. The van der Waals surface area contributed by atoms with Gasteiger partial charge in [0.25, 0.3) is 0 Å². The number of hydrogen-bond acceptors (Lipinski definition) is 5. The number of carbonyl (C=O) groups is 1. The van der Waals surface area contributed by atoms with Crippen LogP contribution in [0.15, 0.2) is 53.5 Å². The van der Waals surface area contributed by atoms with Gasteiger partial charge in [-0.1, -0.05) is 0 Å². The summed E-state index contributed by atoms with van der Waals surface area (Å²) in [5.41, 5.74) is 10.9. The number of aryl methyl sites for hydroxylation is 6. The van der Waals surface area contributed by atoms with Crippen LogP contribution in [-0.2, 0) is 21.4 Å². The van der Waals surface area contributed by atoms with Crippen LogP contribution in [0.4, 0.5) is 17.1 Å². The molecule has 1 aliphatic heterocycles. The third-order valence-electron chi connectivity index (χ3n) is 6.77. The van der Waals surface area contributed by atoms with Gasteiger partial charge in [-0.15, -0.1) is 0 Å². The molecule has 0 aliphatic carbocycles. The Labute approximate surface area is 248 Å². The van der Waals surface area contributed by atoms with E-state index in [1.54, 1.807) is 6.92 Å². The van der Waals surface area contributed by atoms with E-state index >= 15 is 0 Å². The molecule has 3 aromatic carbocycles. The molecule has 1 fully saturated rings. The molecule has 0 spiro atoms. The zero-order valence-electron chi connectivity index (χ0n) is 24.2. The quantitative estimate of drug-likeness (QED) is 0.155. The van der Waals surface area contributed by atoms with Crippen LogP contribution in [-0.4, -0.2) is 40.8 Å². The van der Waals surface area contributed by atoms with E-state index in [1.807, 2.05) is 28.9 Å². The molecule has 1 aliphatic rings. The number of rotatable bonds is 6. The fourth-order valence-electron chi connectivity index (χ4n) is 5.56. The number of benzene rings is 3. The Kier molecular flexibility index (Phi) is 9.45. The van der Waals surface area contributed by atoms with Gasteiger partial charge in [-0.25, -0.2) is 0 Å². The minimum atomic E-state index is -3.75. The molecule has 1 heterocycles. The van der Waals surface area contributed by atoms with Crippen molar-refractivity contribution in [2.75, 3.05) is 29.5 Å². The normalized spacial score (nSPS) is 14.3. The summed E-state index contributed by atoms with van der Waals surface area (Å²) in [7, 11) is 15.1. The topological polar surface area (TPSA) is 45.1 Å². The van der Waals surface area contributed by atoms with Gasteiger partial charge in [-0.3, -0.25) is 0 Å². The minimum absolute atomic E-state index is 0.291. The van der Waals surface area contributed by atoms with E-state index < -0.39 is 17.9 Å². The number of aliphatic imine (C=N–C) groups is 1. The maximum absolute atomic E-state index is 12.0. The van der Waals surface area contributed by atoms with E-state index in [0.717, 1.165) is 34.4 Å². The van der Waals surface area contributed by atoms with Gasteiger partial charge < -0.3 is 0 Å². The van der Waals surface area contributed by atoms with Crippen molar-refractivity contribution in [3.05, 3.63) is 87.5 Å². The molecule has 0 unspecified atom stereocenters. The van der Waals surface area contributed by atoms with Crippen molar-refractivity contribution in [1.29, 1.82) is 0 Å². The predicted octanol–water partition coefficient (Wildman–Crippen LogP) is 7.53. The molecule has 3 aromatic rings. The van der Waals surface area contributed by atoms with Crippen molar-refractivity contribution in [3.63, 3.8) is 0 Å². The summed E-state index contributed by atoms with van der Waals surface area (Å²) >= 11 is -3.75. The summed E-state index contributed by atoms with van der Waals surface area (Å²) in [6.45, 7) is 16.4. The van der Waals surface area contributed by atoms with Gasteiger partial charge >= 0.3 is 249 Å². The Morgan fingerprint density at radius 3 is 1.82 bits per heavy atom. The van der Waals surface area contributed by atoms with E-state index in [-0.39, 0.29) is 0 Å². The number of hydrogen-bond donors (Lipinski definition) is 0. The molecular formula is C32H37Cl2N3O2Ru. The molecule has 0 aromatic heterocycles. The summed E-state index contributed by atoms with van der Waals surface area (Å²) in [4.78, 5) is 21.0. The Hall–Kier alpha value is -2.66. The molecule has 4 rings (SSSR count). The monoisotopic (exact) mass is 667 g/mol. The SMILES string of the molecule is CCOC(=O)C=Nc1ccccc1[CH]=[Ru]([Cl])([Cl])=[C]1N(c2c(C)cc(C)cc2C)CCN1c1c(C)cc(C)cc1C. The molecule has 214 valence electrons. The fourth-order valence-corrected chi connectivity index (χ4v) is 11.6. The van der Waals surface area contributed by atoms with Gasteiger partial charge in [0, 0.05) is 0 Å². The number of carbonyl (C=O) groups excluding carboxylic acids is 1. The van der Waals surface area contributed by atoms with Gasteiger partial charge in [0.1, 0.15) is 0 Å². The van der Waals surface area contributed by atoms with Crippen LogP contribution in [0.2, 0.25) is 0 Å². The summed E-state index contributed by atoms with van der Waals surface area (Å²) in [5.74, 6) is -0.488. The van der Waals surface area contributed by atoms with Crippen molar-refractivity contribution < 1.29 is 21.4 Å². The van der Waals surface area contributed by atoms with Crippen molar-refractivity contribution in [1.82, 2.24) is 0 Å². The van der Waals surface area contributed by atoms with Crippen molar-refractivity contribution in [3.8, 4) is 0 Å². The summed E-state index contributed by atoms with van der Waals surface area (Å²) in [6, 6.07) is 16.4. The molecule has 1 saturated heterocycles. The van der Waals surface area contributed by atoms with Crippen LogP contribution >= 0.6 is 19.4 Å². The Morgan fingerprint density at radius 2 is 1.35 bits per heavy atom. The molecule has 0 radical (unpaired) electrons. The second-order valence-corrected chi connectivity index (χ2v) is 19.4. The molecule has 0 amide bonds. The second-order valence-electron chi connectivity index (χ2n) is 10.2. The second kappa shape index (κ2) is 12.5. The molecule has 0 atom stereocenters. The first-order valence-corrected chi connectivity index (χ1v) is 19.6. The maximum atomic E-state index is 12.0. The van der Waals surface area contributed by atoms with Crippen LogP contribution in [0.1, 0.15) is 45.9 Å². The van der Waals surface area contributed by atoms with Crippen LogP contribution < -0.4 is 9.80 Å². The summed E-state index contributed by atoms with van der Waals surface area (Å²) in [5, 5.41) is 0. The first-order chi connectivity index (χ1) is 18.9. The van der Waals surface area contributed by atoms with Gasteiger partial charge in [0.05, 0.1) is 0 Å². The Balaban J connectivity index is 2.00. The third-order valence-corrected chi connectivity index (χ3v) is 12.2. The van der Waals surface area contributed by atoms with E-state index in [0.29, 0.717) is 12.3 Å². The standard InChI is InChI=1S/C21H26N2.C11H11NO2.2ClH.Ru/c1-14-9-16(3)20(17(4)10-14)22-7-8-23(13-22)21-18(5)11-15(2)12-19(21)6;1-3-14-11(13)8-12-10-7-5-4-6-9(10)2;;;/h9-12H,7-8H2,1-6H3;2,4-8H,3H2,1H3;2*1H;/q;;;;+2/p-2. The first-order valence-electron chi connectivity index (χ1n) is 13.3. The van der Waals surface area contributed by atoms with Crippen molar-refractivity contribution in [2.24, 2.45) is 4.99 Å². The zero-order chi connectivity index (χ0) is 29.2. The van der Waals surface area contributed by atoms with E-state index in [2.05, 4.69) is 80.6 Å². The number of esters is 1. The van der Waals surface area contributed by atoms with Gasteiger partial charge in [0.15, 0.2) is 0 Å². The number of ether oxygens (including phenoxy) is 1. The van der Waals surface area contributed by atoms with E-state index in [4.69, 9.17) is 24.1 Å². The van der Waals surface area contributed by atoms with Gasteiger partial charge in [-0.2, -0.15) is 0 Å². The van der Waals surface area contributed by atoms with Crippen LogP contribution in [0.25, 0.3) is 0 Å².